The van der Waals surface area contributed by atoms with Gasteiger partial charge in [-0.15, -0.1) is 0 Å². The molecule has 1 aliphatic rings. The summed E-state index contributed by atoms with van der Waals surface area (Å²) in [6.07, 6.45) is 4.43. The lowest BCUT2D eigenvalue weighted by Gasteiger charge is -2.15. The van der Waals surface area contributed by atoms with E-state index >= 15 is 0 Å². The monoisotopic (exact) mass is 258 g/mol. The number of hydrogen-bond acceptors (Lipinski definition) is 4. The summed E-state index contributed by atoms with van der Waals surface area (Å²) in [6, 6.07) is 9.80. The van der Waals surface area contributed by atoms with Crippen LogP contribution in [-0.4, -0.2) is 6.10 Å². The lowest BCUT2D eigenvalue weighted by atomic mass is 10.0. The van der Waals surface area contributed by atoms with Gasteiger partial charge >= 0.3 is 0 Å². The van der Waals surface area contributed by atoms with Crippen molar-refractivity contribution in [3.8, 4) is 5.75 Å². The molecular formula is C15H18N2O2. The average Bonchev–Trinajstić information content (AvgIpc) is 3.14. The Bertz CT molecular complexity index is 544. The maximum absolute atomic E-state index is 5.73. The molecule has 4 nitrogen and oxygen atoms in total. The van der Waals surface area contributed by atoms with Crippen LogP contribution < -0.4 is 16.0 Å². The minimum atomic E-state index is -0.134. The van der Waals surface area contributed by atoms with E-state index in [-0.39, 0.29) is 6.04 Å². The van der Waals surface area contributed by atoms with Crippen molar-refractivity contribution in [2.75, 3.05) is 0 Å². The predicted molar refractivity (Wildman–Crippen MR) is 72.7 cm³/mol. The van der Waals surface area contributed by atoms with Crippen molar-refractivity contribution in [1.82, 2.24) is 5.43 Å². The average molecular weight is 258 g/mol. The second-order valence-electron chi connectivity index (χ2n) is 4.95. The summed E-state index contributed by atoms with van der Waals surface area (Å²) in [5.74, 6) is 7.41. The molecule has 0 spiro atoms. The summed E-state index contributed by atoms with van der Waals surface area (Å²) in [5, 5.41) is 0. The molecule has 0 bridgehead atoms. The van der Waals surface area contributed by atoms with Crippen LogP contribution in [0.2, 0.25) is 0 Å². The Balaban J connectivity index is 1.81. The van der Waals surface area contributed by atoms with Crippen molar-refractivity contribution >= 4 is 0 Å². The number of hydrazine groups is 1. The van der Waals surface area contributed by atoms with Crippen molar-refractivity contribution in [3.05, 3.63) is 53.5 Å². The number of furan rings is 1. The molecule has 1 saturated carbocycles. The first-order chi connectivity index (χ1) is 9.28. The first kappa shape index (κ1) is 12.3. The standard InChI is InChI=1S/C15H18N2O2/c1-10-8-9-18-15(10)14(17-16)11-2-4-12(5-3-11)19-13-6-7-13/h2-5,8-9,13-14,17H,6-7,16H2,1H3. The molecule has 0 amide bonds. The molecule has 0 radical (unpaired) electrons. The lowest BCUT2D eigenvalue weighted by Crippen LogP contribution is -2.28. The number of hydrogen-bond donors (Lipinski definition) is 2. The molecule has 3 N–H and O–H groups in total. The summed E-state index contributed by atoms with van der Waals surface area (Å²) in [7, 11) is 0. The van der Waals surface area contributed by atoms with Crippen molar-refractivity contribution in [3.63, 3.8) is 0 Å². The molecule has 1 heterocycles. The van der Waals surface area contributed by atoms with Crippen molar-refractivity contribution in [2.24, 2.45) is 5.84 Å². The molecule has 2 aromatic rings. The molecule has 1 atom stereocenters. The molecule has 1 aromatic heterocycles. The Kier molecular flexibility index (Phi) is 3.27. The largest absolute Gasteiger partial charge is 0.490 e. The van der Waals surface area contributed by atoms with Gasteiger partial charge in [0.05, 0.1) is 12.4 Å². The van der Waals surface area contributed by atoms with E-state index in [1.165, 1.54) is 12.8 Å². The summed E-state index contributed by atoms with van der Waals surface area (Å²) < 4.78 is 11.2. The Hall–Kier alpha value is -1.78. The molecule has 1 aromatic carbocycles. The first-order valence-electron chi connectivity index (χ1n) is 6.54. The third-order valence-corrected chi connectivity index (χ3v) is 3.37. The fourth-order valence-electron chi connectivity index (χ4n) is 2.12. The molecule has 1 unspecified atom stereocenters. The van der Waals surface area contributed by atoms with Crippen LogP contribution in [0.5, 0.6) is 5.75 Å². The van der Waals surface area contributed by atoms with Crippen LogP contribution in [0.15, 0.2) is 41.0 Å². The van der Waals surface area contributed by atoms with E-state index in [1.54, 1.807) is 6.26 Å². The van der Waals surface area contributed by atoms with Crippen molar-refractivity contribution < 1.29 is 9.15 Å². The number of rotatable bonds is 5. The van der Waals surface area contributed by atoms with Crippen molar-refractivity contribution in [1.29, 1.82) is 0 Å². The number of ether oxygens (including phenoxy) is 1. The minimum absolute atomic E-state index is 0.134. The van der Waals surface area contributed by atoms with Gasteiger partial charge in [0.25, 0.3) is 0 Å². The van der Waals surface area contributed by atoms with Crippen LogP contribution in [0.3, 0.4) is 0 Å². The van der Waals surface area contributed by atoms with E-state index in [4.69, 9.17) is 15.0 Å². The highest BCUT2D eigenvalue weighted by Gasteiger charge is 2.23. The number of nitrogens with one attached hydrogen (secondary N) is 1. The van der Waals surface area contributed by atoms with Crippen molar-refractivity contribution in [2.45, 2.75) is 31.9 Å². The zero-order chi connectivity index (χ0) is 13.2. The first-order valence-corrected chi connectivity index (χ1v) is 6.54. The second kappa shape index (κ2) is 5.07. The van der Waals surface area contributed by atoms with Crippen LogP contribution in [0.25, 0.3) is 0 Å². The van der Waals surface area contributed by atoms with Gasteiger partial charge < -0.3 is 9.15 Å². The molecule has 1 aliphatic carbocycles. The van der Waals surface area contributed by atoms with Gasteiger partial charge in [0, 0.05) is 0 Å². The topological polar surface area (TPSA) is 60.4 Å². The molecule has 3 rings (SSSR count). The Morgan fingerprint density at radius 3 is 2.53 bits per heavy atom. The summed E-state index contributed by atoms with van der Waals surface area (Å²) >= 11 is 0. The van der Waals surface area contributed by atoms with Gasteiger partial charge in [-0.05, 0) is 49.1 Å². The minimum Gasteiger partial charge on any atom is -0.490 e. The van der Waals surface area contributed by atoms with Gasteiger partial charge in [0.2, 0.25) is 0 Å². The zero-order valence-electron chi connectivity index (χ0n) is 10.9. The second-order valence-corrected chi connectivity index (χ2v) is 4.95. The highest BCUT2D eigenvalue weighted by Crippen LogP contribution is 2.29. The van der Waals surface area contributed by atoms with E-state index in [1.807, 2.05) is 37.3 Å². The van der Waals surface area contributed by atoms with E-state index in [9.17, 15) is 0 Å². The Morgan fingerprint density at radius 2 is 2.00 bits per heavy atom. The highest BCUT2D eigenvalue weighted by atomic mass is 16.5. The third kappa shape index (κ3) is 2.64. The smallest absolute Gasteiger partial charge is 0.129 e. The van der Waals surface area contributed by atoms with Crippen LogP contribution in [0.1, 0.15) is 35.8 Å². The van der Waals surface area contributed by atoms with Gasteiger partial charge in [0.15, 0.2) is 0 Å². The molecule has 0 aliphatic heterocycles. The third-order valence-electron chi connectivity index (χ3n) is 3.37. The fraction of sp³-hybridized carbons (Fsp3) is 0.333. The zero-order valence-corrected chi connectivity index (χ0v) is 10.9. The van der Waals surface area contributed by atoms with E-state index in [0.717, 1.165) is 22.6 Å². The predicted octanol–water partition coefficient (Wildman–Crippen LogP) is 2.68. The summed E-state index contributed by atoms with van der Waals surface area (Å²) in [6.45, 7) is 2.01. The SMILES string of the molecule is Cc1ccoc1C(NN)c1ccc(OC2CC2)cc1. The fourth-order valence-corrected chi connectivity index (χ4v) is 2.12. The molecule has 4 heteroatoms. The van der Waals surface area contributed by atoms with E-state index in [0.29, 0.717) is 6.10 Å². The quantitative estimate of drug-likeness (QED) is 0.639. The van der Waals surface area contributed by atoms with E-state index in [2.05, 4.69) is 5.43 Å². The summed E-state index contributed by atoms with van der Waals surface area (Å²) in [5.41, 5.74) is 4.94. The van der Waals surface area contributed by atoms with Crippen LogP contribution in [0, 0.1) is 6.92 Å². The maximum Gasteiger partial charge on any atom is 0.129 e. The molecule has 100 valence electrons. The van der Waals surface area contributed by atoms with Gasteiger partial charge in [-0.2, -0.15) is 0 Å². The lowest BCUT2D eigenvalue weighted by molar-refractivity contribution is 0.303. The van der Waals surface area contributed by atoms with Crippen LogP contribution >= 0.6 is 0 Å². The highest BCUT2D eigenvalue weighted by molar-refractivity contribution is 5.34. The van der Waals surface area contributed by atoms with E-state index < -0.39 is 0 Å². The normalized spacial score (nSPS) is 16.3. The molecule has 19 heavy (non-hydrogen) atoms. The maximum atomic E-state index is 5.73. The molecular weight excluding hydrogens is 240 g/mol. The molecule has 0 saturated heterocycles. The van der Waals surface area contributed by atoms with Crippen LogP contribution in [0.4, 0.5) is 0 Å². The van der Waals surface area contributed by atoms with Gasteiger partial charge in [0.1, 0.15) is 17.6 Å². The van der Waals surface area contributed by atoms with Gasteiger partial charge in [-0.25, -0.2) is 5.43 Å². The van der Waals surface area contributed by atoms with Gasteiger partial charge in [-0.3, -0.25) is 5.84 Å². The van der Waals surface area contributed by atoms with Crippen LogP contribution in [-0.2, 0) is 0 Å². The number of aryl methyl sites for hydroxylation is 1. The van der Waals surface area contributed by atoms with Gasteiger partial charge in [-0.1, -0.05) is 12.1 Å². The number of nitrogens with two attached hydrogens (primary N) is 1. The molecule has 1 fully saturated rings. The Labute approximate surface area is 112 Å². The summed E-state index contributed by atoms with van der Waals surface area (Å²) in [4.78, 5) is 0. The number of benzene rings is 1. The Morgan fingerprint density at radius 1 is 1.26 bits per heavy atom.